The molecule has 0 spiro atoms. The number of hydrogen-bond donors (Lipinski definition) is 0. The molecule has 128 valence electrons. The molecule has 0 radical (unpaired) electrons. The molecule has 2 heterocycles. The summed E-state index contributed by atoms with van der Waals surface area (Å²) < 4.78 is 6.92. The van der Waals surface area contributed by atoms with Crippen LogP contribution in [-0.4, -0.2) is 69.7 Å². The zero-order valence-electron chi connectivity index (χ0n) is 14.2. The molecular weight excluding hydrogens is 298 g/mol. The number of carbonyl (C=O) groups excluding carboxylic acids is 2. The van der Waals surface area contributed by atoms with Gasteiger partial charge in [-0.25, -0.2) is 0 Å². The highest BCUT2D eigenvalue weighted by atomic mass is 16.5. The number of methoxy groups -OCH3 is 1. The minimum Gasteiger partial charge on any atom is -0.383 e. The van der Waals surface area contributed by atoms with Crippen molar-refractivity contribution in [2.45, 2.75) is 39.4 Å². The first-order valence-corrected chi connectivity index (χ1v) is 7.84. The third-order valence-electron chi connectivity index (χ3n) is 4.12. The lowest BCUT2D eigenvalue weighted by Gasteiger charge is -2.23. The van der Waals surface area contributed by atoms with E-state index in [1.165, 1.54) is 0 Å². The van der Waals surface area contributed by atoms with Crippen LogP contribution < -0.4 is 0 Å². The molecule has 1 aromatic rings. The summed E-state index contributed by atoms with van der Waals surface area (Å²) in [5.41, 5.74) is 0. The first kappa shape index (κ1) is 17.4. The summed E-state index contributed by atoms with van der Waals surface area (Å²) in [5.74, 6) is 0.464. The van der Waals surface area contributed by atoms with Crippen molar-refractivity contribution in [2.75, 3.05) is 27.3 Å². The molecule has 1 saturated heterocycles. The first-order valence-electron chi connectivity index (χ1n) is 7.84. The molecule has 0 bridgehead atoms. The number of likely N-dealkylation sites (tertiary alicyclic amines) is 1. The highest BCUT2D eigenvalue weighted by Gasteiger charge is 2.36. The Morgan fingerprint density at radius 2 is 2.26 bits per heavy atom. The number of carbonyl (C=O) groups is 2. The monoisotopic (exact) mass is 323 g/mol. The molecule has 8 heteroatoms. The van der Waals surface area contributed by atoms with Crippen LogP contribution in [0, 0.1) is 5.92 Å². The Bertz CT molecular complexity index is 557. The average Bonchev–Trinajstić information content (AvgIpc) is 3.10. The second-order valence-electron chi connectivity index (χ2n) is 6.17. The maximum atomic E-state index is 12.6. The molecule has 0 N–H and O–H groups in total. The lowest BCUT2D eigenvalue weighted by Crippen LogP contribution is -2.36. The Labute approximate surface area is 136 Å². The van der Waals surface area contributed by atoms with Gasteiger partial charge in [0.25, 0.3) is 0 Å². The first-order chi connectivity index (χ1) is 10.9. The van der Waals surface area contributed by atoms with Gasteiger partial charge >= 0.3 is 0 Å². The van der Waals surface area contributed by atoms with E-state index in [2.05, 4.69) is 10.2 Å². The fraction of sp³-hybridized carbons (Fsp3) is 0.733. The van der Waals surface area contributed by atoms with Crippen molar-refractivity contribution in [1.29, 1.82) is 0 Å². The van der Waals surface area contributed by atoms with Crippen LogP contribution >= 0.6 is 0 Å². The van der Waals surface area contributed by atoms with Crippen LogP contribution in [0.5, 0.6) is 0 Å². The van der Waals surface area contributed by atoms with Crippen LogP contribution in [-0.2, 0) is 27.4 Å². The molecule has 0 aliphatic carbocycles. The van der Waals surface area contributed by atoms with E-state index in [0.29, 0.717) is 32.1 Å². The number of nitrogens with zero attached hydrogens (tertiary/aromatic N) is 5. The zero-order valence-corrected chi connectivity index (χ0v) is 14.2. The molecule has 1 aliphatic heterocycles. The van der Waals surface area contributed by atoms with Crippen molar-refractivity contribution < 1.29 is 14.3 Å². The Morgan fingerprint density at radius 3 is 2.87 bits per heavy atom. The van der Waals surface area contributed by atoms with Crippen LogP contribution in [0.3, 0.4) is 0 Å². The highest BCUT2D eigenvalue weighted by Crippen LogP contribution is 2.22. The number of aromatic nitrogens is 3. The molecule has 1 aromatic heterocycles. The van der Waals surface area contributed by atoms with Gasteiger partial charge in [0.1, 0.15) is 6.33 Å². The van der Waals surface area contributed by atoms with E-state index in [-0.39, 0.29) is 30.2 Å². The average molecular weight is 323 g/mol. The minimum absolute atomic E-state index is 0.0252. The van der Waals surface area contributed by atoms with Crippen LogP contribution in [0.2, 0.25) is 0 Å². The van der Waals surface area contributed by atoms with Gasteiger partial charge in [-0.1, -0.05) is 0 Å². The van der Waals surface area contributed by atoms with Gasteiger partial charge < -0.3 is 19.1 Å². The third kappa shape index (κ3) is 4.07. The van der Waals surface area contributed by atoms with Crippen molar-refractivity contribution in [3.8, 4) is 0 Å². The van der Waals surface area contributed by atoms with Crippen LogP contribution in [0.25, 0.3) is 0 Å². The largest absolute Gasteiger partial charge is 0.383 e. The number of rotatable bonds is 7. The minimum atomic E-state index is -0.273. The second kappa shape index (κ2) is 7.54. The molecule has 8 nitrogen and oxygen atoms in total. The molecular formula is C15H25N5O3. The van der Waals surface area contributed by atoms with Crippen LogP contribution in [0.15, 0.2) is 6.33 Å². The molecule has 2 amide bonds. The fourth-order valence-corrected chi connectivity index (χ4v) is 2.78. The van der Waals surface area contributed by atoms with E-state index in [4.69, 9.17) is 4.74 Å². The van der Waals surface area contributed by atoms with Crippen molar-refractivity contribution in [3.05, 3.63) is 12.2 Å². The molecule has 0 unspecified atom stereocenters. The van der Waals surface area contributed by atoms with Gasteiger partial charge in [-0.05, 0) is 13.8 Å². The lowest BCUT2D eigenvalue weighted by molar-refractivity contribution is -0.135. The van der Waals surface area contributed by atoms with E-state index in [1.54, 1.807) is 30.3 Å². The van der Waals surface area contributed by atoms with Gasteiger partial charge in [0.2, 0.25) is 11.8 Å². The summed E-state index contributed by atoms with van der Waals surface area (Å²) >= 11 is 0. The molecule has 1 atom stereocenters. The van der Waals surface area contributed by atoms with Gasteiger partial charge in [0.15, 0.2) is 5.82 Å². The molecule has 2 rings (SSSR count). The molecule has 1 aliphatic rings. The zero-order chi connectivity index (χ0) is 17.0. The van der Waals surface area contributed by atoms with Crippen molar-refractivity contribution in [3.63, 3.8) is 0 Å². The van der Waals surface area contributed by atoms with E-state index < -0.39 is 0 Å². The summed E-state index contributed by atoms with van der Waals surface area (Å²) in [6, 6.07) is 0.128. The highest BCUT2D eigenvalue weighted by molar-refractivity contribution is 5.89. The standard InChI is InChI=1S/C15H25N5O3/c1-11(2)20-8-12(7-14(20)21)15(22)18(3)9-13-17-16-10-19(13)5-6-23-4/h10-12H,5-9H2,1-4H3/t12-/m1/s1. The molecule has 0 aromatic carbocycles. The van der Waals surface area contributed by atoms with E-state index in [0.717, 1.165) is 0 Å². The van der Waals surface area contributed by atoms with E-state index in [9.17, 15) is 9.59 Å². The van der Waals surface area contributed by atoms with Gasteiger partial charge in [-0.15, -0.1) is 10.2 Å². The fourth-order valence-electron chi connectivity index (χ4n) is 2.78. The van der Waals surface area contributed by atoms with Gasteiger partial charge in [0.05, 0.1) is 19.1 Å². The Hall–Kier alpha value is -1.96. The van der Waals surface area contributed by atoms with Crippen molar-refractivity contribution >= 4 is 11.8 Å². The van der Waals surface area contributed by atoms with Crippen molar-refractivity contribution in [1.82, 2.24) is 24.6 Å². The molecule has 1 fully saturated rings. The van der Waals surface area contributed by atoms with Gasteiger partial charge in [-0.2, -0.15) is 0 Å². The van der Waals surface area contributed by atoms with Crippen molar-refractivity contribution in [2.24, 2.45) is 5.92 Å². The topological polar surface area (TPSA) is 80.6 Å². The number of amides is 2. The quantitative estimate of drug-likeness (QED) is 0.713. The Balaban J connectivity index is 1.96. The SMILES string of the molecule is COCCn1cnnc1CN(C)C(=O)[C@@H]1CC(=O)N(C(C)C)C1. The smallest absolute Gasteiger partial charge is 0.228 e. The Kier molecular flexibility index (Phi) is 5.70. The van der Waals surface area contributed by atoms with Crippen LogP contribution in [0.1, 0.15) is 26.1 Å². The van der Waals surface area contributed by atoms with E-state index >= 15 is 0 Å². The normalized spacial score (nSPS) is 18.0. The Morgan fingerprint density at radius 1 is 1.52 bits per heavy atom. The number of hydrogen-bond acceptors (Lipinski definition) is 5. The predicted octanol–water partition coefficient (Wildman–Crippen LogP) is 0.140. The molecule has 23 heavy (non-hydrogen) atoms. The van der Waals surface area contributed by atoms with E-state index in [1.807, 2.05) is 18.4 Å². The predicted molar refractivity (Wildman–Crippen MR) is 83.3 cm³/mol. The second-order valence-corrected chi connectivity index (χ2v) is 6.17. The van der Waals surface area contributed by atoms with Gasteiger partial charge in [0, 0.05) is 39.7 Å². The summed E-state index contributed by atoms with van der Waals surface area (Å²) in [4.78, 5) is 27.9. The van der Waals surface area contributed by atoms with Gasteiger partial charge in [-0.3, -0.25) is 9.59 Å². The maximum absolute atomic E-state index is 12.6. The summed E-state index contributed by atoms with van der Waals surface area (Å²) in [5, 5.41) is 7.95. The molecule has 0 saturated carbocycles. The summed E-state index contributed by atoms with van der Waals surface area (Å²) in [7, 11) is 3.37. The summed E-state index contributed by atoms with van der Waals surface area (Å²) in [6.07, 6.45) is 1.92. The number of ether oxygens (including phenoxy) is 1. The van der Waals surface area contributed by atoms with Crippen LogP contribution in [0.4, 0.5) is 0 Å². The maximum Gasteiger partial charge on any atom is 0.228 e. The lowest BCUT2D eigenvalue weighted by atomic mass is 10.1. The summed E-state index contributed by atoms with van der Waals surface area (Å²) in [6.45, 7) is 6.00. The third-order valence-corrected chi connectivity index (χ3v) is 4.12.